The van der Waals surface area contributed by atoms with Crippen LogP contribution < -0.4 is 9.13 Å². The molecule has 4 aromatic heterocycles. The first-order chi connectivity index (χ1) is 20.8. The molecule has 6 heteroatoms. The lowest BCUT2D eigenvalue weighted by Crippen LogP contribution is -2.29. The first kappa shape index (κ1) is 24.0. The molecule has 42 heavy (non-hydrogen) atoms. The van der Waals surface area contributed by atoms with Gasteiger partial charge in [0, 0.05) is 59.9 Å². The van der Waals surface area contributed by atoms with Gasteiger partial charge in [-0.2, -0.15) is 9.13 Å². The van der Waals surface area contributed by atoms with Crippen molar-refractivity contribution in [2.75, 3.05) is 0 Å². The summed E-state index contributed by atoms with van der Waals surface area (Å²) in [7, 11) is 0. The summed E-state index contributed by atoms with van der Waals surface area (Å²) in [6, 6.07) is 42.0. The fraction of sp³-hybridized carbons (Fsp3) is 0. The molecule has 8 rings (SSSR count). The topological polar surface area (TPSA) is 43.4 Å². The number of fused-ring (bicyclic) bond motifs is 2. The molecule has 0 bridgehead atoms. The first-order valence-corrected chi connectivity index (χ1v) is 13.9. The zero-order valence-corrected chi connectivity index (χ0v) is 22.7. The van der Waals surface area contributed by atoms with Crippen molar-refractivity contribution in [2.45, 2.75) is 0 Å². The van der Waals surface area contributed by atoms with E-state index in [0.29, 0.717) is 0 Å². The lowest BCUT2D eigenvalue weighted by atomic mass is 10.1. The van der Waals surface area contributed by atoms with Crippen LogP contribution in [0.15, 0.2) is 159 Å². The van der Waals surface area contributed by atoms with E-state index in [-0.39, 0.29) is 0 Å². The second-order valence-corrected chi connectivity index (χ2v) is 10.2. The smallest absolute Gasteiger partial charge is 0.210 e. The highest BCUT2D eigenvalue weighted by molar-refractivity contribution is 5.78. The Hall–Kier alpha value is -5.88. The Labute approximate surface area is 242 Å². The van der Waals surface area contributed by atoms with Crippen molar-refractivity contribution < 1.29 is 9.13 Å². The maximum Gasteiger partial charge on any atom is 0.210 e. The van der Waals surface area contributed by atoms with Crippen LogP contribution >= 0.6 is 0 Å². The summed E-state index contributed by atoms with van der Waals surface area (Å²) in [6.07, 6.45) is 12.2. The van der Waals surface area contributed by atoms with Gasteiger partial charge in [0.05, 0.1) is 22.1 Å². The number of hydrogen-bond acceptors (Lipinski definition) is 2. The van der Waals surface area contributed by atoms with Gasteiger partial charge in [-0.1, -0.05) is 24.3 Å². The van der Waals surface area contributed by atoms with Crippen molar-refractivity contribution in [3.63, 3.8) is 0 Å². The van der Waals surface area contributed by atoms with Gasteiger partial charge in [0.15, 0.2) is 24.8 Å². The lowest BCUT2D eigenvalue weighted by Gasteiger charge is -2.05. The number of para-hydroxylation sites is 4. The van der Waals surface area contributed by atoms with E-state index in [0.717, 1.165) is 44.8 Å². The van der Waals surface area contributed by atoms with Gasteiger partial charge in [-0.15, -0.1) is 0 Å². The molecule has 0 aliphatic heterocycles. The second kappa shape index (κ2) is 9.94. The summed E-state index contributed by atoms with van der Waals surface area (Å²) in [6.45, 7) is 0. The number of hydrogen-bond donors (Lipinski definition) is 0. The Morgan fingerprint density at radius 1 is 0.405 bits per heavy atom. The quantitative estimate of drug-likeness (QED) is 0.231. The summed E-state index contributed by atoms with van der Waals surface area (Å²) in [5.41, 5.74) is 10.9. The zero-order chi connectivity index (χ0) is 27.9. The van der Waals surface area contributed by atoms with Gasteiger partial charge < -0.3 is 0 Å². The van der Waals surface area contributed by atoms with E-state index >= 15 is 0 Å². The lowest BCUT2D eigenvalue weighted by molar-refractivity contribution is -0.596. The molecular weight excluding hydrogens is 516 g/mol. The third-order valence-corrected chi connectivity index (χ3v) is 7.75. The van der Waals surface area contributed by atoms with Crippen molar-refractivity contribution in [3.05, 3.63) is 159 Å². The molecule has 0 amide bonds. The van der Waals surface area contributed by atoms with E-state index in [9.17, 15) is 0 Å². The minimum Gasteiger partial charge on any atom is -0.299 e. The van der Waals surface area contributed by atoms with Crippen LogP contribution in [0.4, 0.5) is 0 Å². The summed E-state index contributed by atoms with van der Waals surface area (Å²) in [5, 5.41) is 0. The van der Waals surface area contributed by atoms with E-state index in [2.05, 4.69) is 138 Å². The maximum absolute atomic E-state index is 4.51. The van der Waals surface area contributed by atoms with Gasteiger partial charge in [-0.25, -0.2) is 9.97 Å². The number of nitrogens with zero attached hydrogens (tertiary/aromatic N) is 6. The highest BCUT2D eigenvalue weighted by atomic mass is 15.1. The number of rotatable bonds is 5. The summed E-state index contributed by atoms with van der Waals surface area (Å²) >= 11 is 0. The van der Waals surface area contributed by atoms with Crippen molar-refractivity contribution >= 4 is 22.1 Å². The van der Waals surface area contributed by atoms with Gasteiger partial charge in [0.2, 0.25) is 11.4 Å². The van der Waals surface area contributed by atoms with Gasteiger partial charge in [0.1, 0.15) is 12.7 Å². The first-order valence-electron chi connectivity index (χ1n) is 13.9. The van der Waals surface area contributed by atoms with Crippen molar-refractivity contribution in [1.82, 2.24) is 19.1 Å². The predicted molar refractivity (Wildman–Crippen MR) is 164 cm³/mol. The minimum absolute atomic E-state index is 0.996. The van der Waals surface area contributed by atoms with Gasteiger partial charge >= 0.3 is 0 Å². The molecule has 0 saturated carbocycles. The molecule has 0 unspecified atom stereocenters. The molecule has 6 nitrogen and oxygen atoms in total. The number of imidazole rings is 2. The van der Waals surface area contributed by atoms with Crippen LogP contribution in [0.5, 0.6) is 0 Å². The third-order valence-electron chi connectivity index (χ3n) is 7.75. The predicted octanol–water partition coefficient (Wildman–Crippen LogP) is 6.58. The summed E-state index contributed by atoms with van der Waals surface area (Å²) in [4.78, 5) is 9.02. The van der Waals surface area contributed by atoms with Crippen LogP contribution in [0, 0.1) is 0 Å². The van der Waals surface area contributed by atoms with E-state index in [1.165, 1.54) is 11.1 Å². The fourth-order valence-corrected chi connectivity index (χ4v) is 5.48. The SMILES string of the molecule is c1ccc2c(c1)ncn2-c1ccc(-[n+]2ccc(-c3cc[n+](-c4ccc(-n5cnc6ccccc65)cc4)cc3)cc2)cc1. The Balaban J connectivity index is 0.988. The van der Waals surface area contributed by atoms with Crippen molar-refractivity contribution in [1.29, 1.82) is 0 Å². The standard InChI is InChI=1S/C36H26N6/c1-3-7-35-33(5-1)37-25-41(35)31-13-9-29(10-14-31)39-21-17-27(18-22-39)28-19-23-40(24-20-28)30-11-15-32(16-12-30)42-26-38-34-6-2-4-8-36(34)42/h1-26H/q+2. The maximum atomic E-state index is 4.51. The van der Waals surface area contributed by atoms with E-state index < -0.39 is 0 Å². The molecule has 0 fully saturated rings. The zero-order valence-electron chi connectivity index (χ0n) is 22.7. The van der Waals surface area contributed by atoms with Crippen LogP contribution in [0.3, 0.4) is 0 Å². The average molecular weight is 543 g/mol. The fourth-order valence-electron chi connectivity index (χ4n) is 5.48. The molecule has 0 N–H and O–H groups in total. The molecule has 0 spiro atoms. The second-order valence-electron chi connectivity index (χ2n) is 10.2. The van der Waals surface area contributed by atoms with E-state index in [1.807, 2.05) is 49.1 Å². The Kier molecular flexibility index (Phi) is 5.67. The number of benzene rings is 4. The van der Waals surface area contributed by atoms with Crippen LogP contribution in [-0.2, 0) is 0 Å². The highest BCUT2D eigenvalue weighted by Crippen LogP contribution is 2.21. The van der Waals surface area contributed by atoms with E-state index in [4.69, 9.17) is 0 Å². The van der Waals surface area contributed by atoms with Crippen molar-refractivity contribution in [2.24, 2.45) is 0 Å². The summed E-state index contributed by atoms with van der Waals surface area (Å²) < 4.78 is 8.50. The molecule has 0 atom stereocenters. The number of aromatic nitrogens is 6. The largest absolute Gasteiger partial charge is 0.299 e. The molecule has 0 radical (unpaired) electrons. The molecule has 4 aromatic carbocycles. The molecule has 198 valence electrons. The third kappa shape index (κ3) is 4.22. The number of pyridine rings is 2. The molecule has 8 aromatic rings. The van der Waals surface area contributed by atoms with Gasteiger partial charge in [-0.05, 0) is 59.7 Å². The van der Waals surface area contributed by atoms with Gasteiger partial charge in [-0.3, -0.25) is 9.13 Å². The minimum atomic E-state index is 0.996. The Morgan fingerprint density at radius 2 is 0.786 bits per heavy atom. The van der Waals surface area contributed by atoms with Crippen LogP contribution in [-0.4, -0.2) is 19.1 Å². The van der Waals surface area contributed by atoms with Crippen LogP contribution in [0.1, 0.15) is 0 Å². The van der Waals surface area contributed by atoms with Crippen LogP contribution in [0.25, 0.3) is 55.9 Å². The molecular formula is C36H26N6+2. The van der Waals surface area contributed by atoms with Crippen molar-refractivity contribution in [3.8, 4) is 33.9 Å². The Morgan fingerprint density at radius 3 is 1.19 bits per heavy atom. The van der Waals surface area contributed by atoms with Gasteiger partial charge in [0.25, 0.3) is 0 Å². The Bertz CT molecular complexity index is 2000. The van der Waals surface area contributed by atoms with Crippen LogP contribution in [0.2, 0.25) is 0 Å². The summed E-state index contributed by atoms with van der Waals surface area (Å²) in [5.74, 6) is 0. The monoisotopic (exact) mass is 542 g/mol. The average Bonchev–Trinajstić information content (AvgIpc) is 3.70. The van der Waals surface area contributed by atoms with E-state index in [1.54, 1.807) is 0 Å². The molecule has 4 heterocycles. The normalized spacial score (nSPS) is 11.3. The highest BCUT2D eigenvalue weighted by Gasteiger charge is 2.12. The molecule has 0 aliphatic carbocycles. The molecule has 0 aliphatic rings. The molecule has 0 saturated heterocycles.